The fraction of sp³-hybridized carbons (Fsp3) is 0.500. The highest BCUT2D eigenvalue weighted by Gasteiger charge is 2.31. The highest BCUT2D eigenvalue weighted by Crippen LogP contribution is 2.16. The molecular weight excluding hydrogens is 336 g/mol. The number of sulfone groups is 1. The van der Waals surface area contributed by atoms with Crippen LogP contribution in [-0.2, 0) is 21.2 Å². The molecule has 1 fully saturated rings. The number of rotatable bonds is 5. The summed E-state index contributed by atoms with van der Waals surface area (Å²) in [5.74, 6) is 0.239. The first kappa shape index (κ1) is 16.3. The van der Waals surface area contributed by atoms with Gasteiger partial charge in [0.1, 0.15) is 11.0 Å². The molecule has 3 rings (SSSR count). The zero-order chi connectivity index (χ0) is 16.4. The van der Waals surface area contributed by atoms with Crippen LogP contribution in [0.25, 0.3) is 11.0 Å². The van der Waals surface area contributed by atoms with Crippen molar-refractivity contribution in [1.82, 2.24) is 19.0 Å². The third-order valence-corrected chi connectivity index (χ3v) is 6.34. The van der Waals surface area contributed by atoms with E-state index in [0.29, 0.717) is 13.0 Å². The van der Waals surface area contributed by atoms with Gasteiger partial charge in [0.15, 0.2) is 9.84 Å². The molecule has 2 heterocycles. The lowest BCUT2D eigenvalue weighted by Gasteiger charge is -2.22. The van der Waals surface area contributed by atoms with Gasteiger partial charge in [-0.15, -0.1) is 0 Å². The number of likely N-dealkylation sites (N-methyl/N-ethyl adjacent to an activating group) is 1. The molecule has 1 amide bonds. The van der Waals surface area contributed by atoms with Crippen LogP contribution in [0.1, 0.15) is 12.0 Å². The summed E-state index contributed by atoms with van der Waals surface area (Å²) in [4.78, 5) is 13.8. The quantitative estimate of drug-likeness (QED) is 0.837. The average molecular weight is 354 g/mol. The van der Waals surface area contributed by atoms with E-state index in [0.717, 1.165) is 16.6 Å². The van der Waals surface area contributed by atoms with Crippen molar-refractivity contribution >= 4 is 38.5 Å². The fourth-order valence-electron chi connectivity index (χ4n) is 2.67. The van der Waals surface area contributed by atoms with E-state index >= 15 is 0 Å². The molecule has 2 aromatic rings. The molecule has 0 radical (unpaired) electrons. The van der Waals surface area contributed by atoms with Crippen LogP contribution in [0, 0.1) is 0 Å². The lowest BCUT2D eigenvalue weighted by Crippen LogP contribution is -2.41. The second-order valence-corrected chi connectivity index (χ2v) is 8.59. The van der Waals surface area contributed by atoms with Gasteiger partial charge in [-0.3, -0.25) is 9.69 Å². The van der Waals surface area contributed by atoms with Crippen LogP contribution in [0.2, 0.25) is 0 Å². The Kier molecular flexibility index (Phi) is 4.60. The molecule has 1 saturated heterocycles. The lowest BCUT2D eigenvalue weighted by molar-refractivity contribution is -0.122. The molecule has 124 valence electrons. The molecule has 7 nitrogen and oxygen atoms in total. The fourth-order valence-corrected chi connectivity index (χ4v) is 5.00. The summed E-state index contributed by atoms with van der Waals surface area (Å²) in [5, 5.41) is 2.86. The third-order valence-electron chi connectivity index (χ3n) is 4.03. The number of benzene rings is 1. The standard InChI is InChI=1S/C14H18N4O3S2/c1-18(11-4-5-23(20,21)9-11)8-14(19)15-7-10-2-3-12-13(6-10)17-22-16-12/h2-3,6,11H,4-5,7-9H2,1H3,(H,15,19)/t11-/m0/s1. The molecule has 0 bridgehead atoms. The number of amides is 1. The van der Waals surface area contributed by atoms with E-state index in [9.17, 15) is 13.2 Å². The molecular formula is C14H18N4O3S2. The van der Waals surface area contributed by atoms with Crippen LogP contribution < -0.4 is 5.32 Å². The molecule has 23 heavy (non-hydrogen) atoms. The number of nitrogens with zero attached hydrogens (tertiary/aromatic N) is 3. The van der Waals surface area contributed by atoms with E-state index in [1.165, 1.54) is 11.7 Å². The molecule has 0 unspecified atom stereocenters. The zero-order valence-corrected chi connectivity index (χ0v) is 14.4. The van der Waals surface area contributed by atoms with Crippen LogP contribution in [0.3, 0.4) is 0 Å². The molecule has 0 aliphatic carbocycles. The predicted octanol–water partition coefficient (Wildman–Crippen LogP) is 0.426. The van der Waals surface area contributed by atoms with Crippen molar-refractivity contribution in [3.05, 3.63) is 23.8 Å². The van der Waals surface area contributed by atoms with Crippen molar-refractivity contribution in [2.75, 3.05) is 25.1 Å². The highest BCUT2D eigenvalue weighted by atomic mass is 32.2. The number of carbonyl (C=O) groups excluding carboxylic acids is 1. The first-order chi connectivity index (χ1) is 10.9. The van der Waals surface area contributed by atoms with E-state index < -0.39 is 9.84 Å². The normalized spacial score (nSPS) is 20.2. The minimum atomic E-state index is -2.93. The Balaban J connectivity index is 1.51. The molecule has 1 aromatic heterocycles. The van der Waals surface area contributed by atoms with E-state index in [2.05, 4.69) is 14.1 Å². The van der Waals surface area contributed by atoms with Gasteiger partial charge in [-0.25, -0.2) is 8.42 Å². The molecule has 1 atom stereocenters. The predicted molar refractivity (Wildman–Crippen MR) is 89.0 cm³/mol. The highest BCUT2D eigenvalue weighted by molar-refractivity contribution is 7.91. The van der Waals surface area contributed by atoms with Gasteiger partial charge in [0.25, 0.3) is 0 Å². The lowest BCUT2D eigenvalue weighted by atomic mass is 10.2. The maximum Gasteiger partial charge on any atom is 0.234 e. The maximum atomic E-state index is 12.0. The number of carbonyl (C=O) groups is 1. The molecule has 1 aliphatic rings. The van der Waals surface area contributed by atoms with Gasteiger partial charge in [0.05, 0.1) is 29.8 Å². The molecule has 1 aromatic carbocycles. The number of hydrogen-bond acceptors (Lipinski definition) is 7. The van der Waals surface area contributed by atoms with Gasteiger partial charge >= 0.3 is 0 Å². The van der Waals surface area contributed by atoms with Crippen molar-refractivity contribution in [1.29, 1.82) is 0 Å². The Morgan fingerprint density at radius 2 is 2.17 bits per heavy atom. The van der Waals surface area contributed by atoms with Crippen LogP contribution in [0.5, 0.6) is 0 Å². The van der Waals surface area contributed by atoms with Gasteiger partial charge in [-0.05, 0) is 31.2 Å². The summed E-state index contributed by atoms with van der Waals surface area (Å²) in [5.41, 5.74) is 2.65. The van der Waals surface area contributed by atoms with Gasteiger partial charge in [-0.1, -0.05) is 6.07 Å². The number of hydrogen-bond donors (Lipinski definition) is 1. The van der Waals surface area contributed by atoms with Crippen molar-refractivity contribution in [2.45, 2.75) is 19.0 Å². The zero-order valence-electron chi connectivity index (χ0n) is 12.7. The number of fused-ring (bicyclic) bond motifs is 1. The van der Waals surface area contributed by atoms with Crippen LogP contribution in [0.4, 0.5) is 0 Å². The van der Waals surface area contributed by atoms with E-state index in [1.807, 2.05) is 23.1 Å². The minimum absolute atomic E-state index is 0.0665. The Labute approximate surface area is 138 Å². The molecule has 1 N–H and O–H groups in total. The summed E-state index contributed by atoms with van der Waals surface area (Å²) < 4.78 is 31.3. The second-order valence-electron chi connectivity index (χ2n) is 5.84. The summed E-state index contributed by atoms with van der Waals surface area (Å²) in [6, 6.07) is 5.64. The van der Waals surface area contributed by atoms with E-state index in [1.54, 1.807) is 7.05 Å². The number of aromatic nitrogens is 2. The second kappa shape index (κ2) is 6.50. The summed E-state index contributed by atoms with van der Waals surface area (Å²) in [7, 11) is -1.14. The van der Waals surface area contributed by atoms with Crippen molar-refractivity contribution in [3.63, 3.8) is 0 Å². The first-order valence-electron chi connectivity index (χ1n) is 7.31. The maximum absolute atomic E-state index is 12.0. The van der Waals surface area contributed by atoms with Gasteiger partial charge in [0.2, 0.25) is 5.91 Å². The third kappa shape index (κ3) is 4.04. The Hall–Kier alpha value is -1.58. The summed E-state index contributed by atoms with van der Waals surface area (Å²) >= 11 is 1.17. The SMILES string of the molecule is CN(CC(=O)NCc1ccc2nsnc2c1)[C@H]1CCS(=O)(=O)C1. The Morgan fingerprint density at radius 3 is 2.91 bits per heavy atom. The summed E-state index contributed by atoms with van der Waals surface area (Å²) in [6.07, 6.45) is 0.597. The van der Waals surface area contributed by atoms with Gasteiger partial charge in [-0.2, -0.15) is 8.75 Å². The van der Waals surface area contributed by atoms with E-state index in [-0.39, 0.29) is 30.0 Å². The first-order valence-corrected chi connectivity index (χ1v) is 9.87. The number of nitrogens with one attached hydrogen (secondary N) is 1. The Bertz CT molecular complexity index is 818. The van der Waals surface area contributed by atoms with Crippen LogP contribution >= 0.6 is 11.7 Å². The van der Waals surface area contributed by atoms with Gasteiger partial charge < -0.3 is 5.32 Å². The van der Waals surface area contributed by atoms with Crippen molar-refractivity contribution in [3.8, 4) is 0 Å². The summed E-state index contributed by atoms with van der Waals surface area (Å²) in [6.45, 7) is 0.615. The van der Waals surface area contributed by atoms with Gasteiger partial charge in [0, 0.05) is 12.6 Å². The largest absolute Gasteiger partial charge is 0.351 e. The molecule has 0 saturated carbocycles. The molecule has 9 heteroatoms. The Morgan fingerprint density at radius 1 is 1.39 bits per heavy atom. The molecule has 0 spiro atoms. The van der Waals surface area contributed by atoms with E-state index in [4.69, 9.17) is 0 Å². The van der Waals surface area contributed by atoms with Crippen molar-refractivity contribution in [2.24, 2.45) is 0 Å². The van der Waals surface area contributed by atoms with Crippen LogP contribution in [0.15, 0.2) is 18.2 Å². The molecule has 1 aliphatic heterocycles. The topological polar surface area (TPSA) is 92.3 Å². The average Bonchev–Trinajstić information content (AvgIpc) is 3.10. The monoisotopic (exact) mass is 354 g/mol. The smallest absolute Gasteiger partial charge is 0.234 e. The minimum Gasteiger partial charge on any atom is -0.351 e. The van der Waals surface area contributed by atoms with Crippen LogP contribution in [-0.4, -0.2) is 59.1 Å². The van der Waals surface area contributed by atoms with Crippen molar-refractivity contribution < 1.29 is 13.2 Å².